The van der Waals surface area contributed by atoms with Gasteiger partial charge in [0.1, 0.15) is 12.1 Å². The number of rotatable bonds is 4. The lowest BCUT2D eigenvalue weighted by Gasteiger charge is -2.13. The van der Waals surface area contributed by atoms with Gasteiger partial charge in [-0.3, -0.25) is 4.79 Å². The van der Waals surface area contributed by atoms with E-state index in [-0.39, 0.29) is 23.6 Å². The summed E-state index contributed by atoms with van der Waals surface area (Å²) in [6, 6.07) is 15.4. The van der Waals surface area contributed by atoms with E-state index in [2.05, 4.69) is 20.3 Å². The van der Waals surface area contributed by atoms with Crippen LogP contribution in [-0.2, 0) is 17.4 Å². The highest BCUT2D eigenvalue weighted by atomic mass is 19.4. The molecule has 2 heterocycles. The van der Waals surface area contributed by atoms with Crippen LogP contribution in [0.5, 0.6) is 0 Å². The number of aromatic nitrogens is 3. The second-order valence-corrected chi connectivity index (χ2v) is 6.55. The van der Waals surface area contributed by atoms with Crippen molar-refractivity contribution in [3.05, 3.63) is 84.3 Å². The number of anilines is 1. The number of alkyl halides is 3. The van der Waals surface area contributed by atoms with Gasteiger partial charge in [-0.1, -0.05) is 42.5 Å². The zero-order chi connectivity index (χ0) is 21.1. The van der Waals surface area contributed by atoms with Gasteiger partial charge in [0.2, 0.25) is 5.91 Å². The van der Waals surface area contributed by atoms with Gasteiger partial charge < -0.3 is 5.32 Å². The molecule has 0 aliphatic heterocycles. The highest BCUT2D eigenvalue weighted by Gasteiger charge is 2.33. The number of fused-ring (bicyclic) bond motifs is 1. The van der Waals surface area contributed by atoms with Gasteiger partial charge in [-0.25, -0.2) is 15.0 Å². The molecule has 1 N–H and O–H groups in total. The summed E-state index contributed by atoms with van der Waals surface area (Å²) in [6.45, 7) is 0. The van der Waals surface area contributed by atoms with Crippen LogP contribution in [0.2, 0.25) is 0 Å². The maximum Gasteiger partial charge on any atom is 0.417 e. The molecule has 8 heteroatoms. The SMILES string of the molecule is O=C(Cc1cccc2ccc(-c3ccccc3C(F)(F)F)nc12)Nc1ccncn1. The van der Waals surface area contributed by atoms with Crippen LogP contribution in [0.25, 0.3) is 22.2 Å². The summed E-state index contributed by atoms with van der Waals surface area (Å²) in [5.41, 5.74) is 0.511. The quantitative estimate of drug-likeness (QED) is 0.522. The predicted octanol–water partition coefficient (Wildman–Crippen LogP) is 4.89. The first-order valence-corrected chi connectivity index (χ1v) is 9.03. The number of carbonyl (C=O) groups excluding carboxylic acids is 1. The van der Waals surface area contributed by atoms with Crippen LogP contribution < -0.4 is 5.32 Å². The maximum absolute atomic E-state index is 13.4. The van der Waals surface area contributed by atoms with Crippen LogP contribution >= 0.6 is 0 Å². The molecular formula is C22H15F3N4O. The Morgan fingerprint density at radius 2 is 1.80 bits per heavy atom. The Morgan fingerprint density at radius 1 is 0.967 bits per heavy atom. The first-order chi connectivity index (χ1) is 14.4. The van der Waals surface area contributed by atoms with Crippen LogP contribution in [0.15, 0.2) is 73.2 Å². The summed E-state index contributed by atoms with van der Waals surface area (Å²) in [5.74, 6) is 0.0482. The average molecular weight is 408 g/mol. The van der Waals surface area contributed by atoms with Gasteiger partial charge in [-0.15, -0.1) is 0 Å². The number of para-hydroxylation sites is 1. The van der Waals surface area contributed by atoms with E-state index in [1.807, 2.05) is 0 Å². The normalized spacial score (nSPS) is 11.4. The highest BCUT2D eigenvalue weighted by Crippen LogP contribution is 2.36. The number of pyridine rings is 1. The minimum atomic E-state index is -4.50. The molecule has 1 amide bonds. The molecule has 0 spiro atoms. The van der Waals surface area contributed by atoms with Crippen LogP contribution in [0, 0.1) is 0 Å². The summed E-state index contributed by atoms with van der Waals surface area (Å²) in [6.07, 6.45) is -1.67. The van der Waals surface area contributed by atoms with Crippen molar-refractivity contribution in [1.29, 1.82) is 0 Å². The Morgan fingerprint density at radius 3 is 2.57 bits per heavy atom. The van der Waals surface area contributed by atoms with Crippen LogP contribution in [-0.4, -0.2) is 20.9 Å². The third-order valence-corrected chi connectivity index (χ3v) is 4.51. The molecule has 0 aliphatic carbocycles. The maximum atomic E-state index is 13.4. The molecular weight excluding hydrogens is 393 g/mol. The van der Waals surface area contributed by atoms with Crippen LogP contribution in [0.1, 0.15) is 11.1 Å². The van der Waals surface area contributed by atoms with Gasteiger partial charge in [-0.05, 0) is 23.8 Å². The number of nitrogens with zero attached hydrogens (tertiary/aromatic N) is 3. The van der Waals surface area contributed by atoms with Gasteiger partial charge >= 0.3 is 6.18 Å². The van der Waals surface area contributed by atoms with Crippen molar-refractivity contribution in [1.82, 2.24) is 15.0 Å². The Balaban J connectivity index is 1.71. The zero-order valence-corrected chi connectivity index (χ0v) is 15.5. The molecule has 0 aliphatic rings. The fraction of sp³-hybridized carbons (Fsp3) is 0.0909. The van der Waals surface area contributed by atoms with Crippen molar-refractivity contribution in [2.45, 2.75) is 12.6 Å². The van der Waals surface area contributed by atoms with Crippen molar-refractivity contribution in [3.63, 3.8) is 0 Å². The minimum absolute atomic E-state index is 0.00128. The highest BCUT2D eigenvalue weighted by molar-refractivity contribution is 5.95. The van der Waals surface area contributed by atoms with Crippen molar-refractivity contribution in [3.8, 4) is 11.3 Å². The lowest BCUT2D eigenvalue weighted by atomic mass is 10.0. The van der Waals surface area contributed by atoms with E-state index in [9.17, 15) is 18.0 Å². The molecule has 4 aromatic rings. The first-order valence-electron chi connectivity index (χ1n) is 9.03. The van der Waals surface area contributed by atoms with Crippen molar-refractivity contribution in [2.24, 2.45) is 0 Å². The van der Waals surface area contributed by atoms with Gasteiger partial charge in [-0.2, -0.15) is 13.2 Å². The fourth-order valence-electron chi connectivity index (χ4n) is 3.18. The number of carbonyl (C=O) groups is 1. The Kier molecular flexibility index (Phi) is 5.14. The predicted molar refractivity (Wildman–Crippen MR) is 107 cm³/mol. The summed E-state index contributed by atoms with van der Waals surface area (Å²) in [5, 5.41) is 3.40. The van der Waals surface area contributed by atoms with Gasteiger partial charge in [0, 0.05) is 17.1 Å². The molecule has 0 saturated heterocycles. The molecule has 2 aromatic carbocycles. The standard InChI is InChI=1S/C22H15F3N4O/c23-22(24,25)17-7-2-1-6-16(17)18-9-8-14-4-3-5-15(21(14)28-18)12-20(30)29-19-10-11-26-13-27-19/h1-11,13H,12H2,(H,26,27,29,30). The average Bonchev–Trinajstić information content (AvgIpc) is 2.74. The largest absolute Gasteiger partial charge is 0.417 e. The topological polar surface area (TPSA) is 67.8 Å². The molecule has 4 rings (SSSR count). The summed E-state index contributed by atoms with van der Waals surface area (Å²) < 4.78 is 40.2. The smallest absolute Gasteiger partial charge is 0.310 e. The molecule has 150 valence electrons. The Hall–Kier alpha value is -3.81. The Bertz CT molecular complexity index is 1210. The number of benzene rings is 2. The van der Waals surface area contributed by atoms with E-state index in [4.69, 9.17) is 0 Å². The van der Waals surface area contributed by atoms with Crippen molar-refractivity contribution in [2.75, 3.05) is 5.32 Å². The summed E-state index contributed by atoms with van der Waals surface area (Å²) >= 11 is 0. The number of hydrogen-bond acceptors (Lipinski definition) is 4. The van der Waals surface area contributed by atoms with E-state index in [0.29, 0.717) is 16.9 Å². The number of hydrogen-bond donors (Lipinski definition) is 1. The molecule has 0 unspecified atom stereocenters. The molecule has 0 fully saturated rings. The molecule has 2 aromatic heterocycles. The van der Waals surface area contributed by atoms with E-state index in [0.717, 1.165) is 11.5 Å². The Labute approximate surface area is 169 Å². The zero-order valence-electron chi connectivity index (χ0n) is 15.5. The monoisotopic (exact) mass is 408 g/mol. The fourth-order valence-corrected chi connectivity index (χ4v) is 3.18. The minimum Gasteiger partial charge on any atom is -0.310 e. The second kappa shape index (κ2) is 7.90. The van der Waals surface area contributed by atoms with Gasteiger partial charge in [0.15, 0.2) is 0 Å². The number of halogens is 3. The number of nitrogens with one attached hydrogen (secondary N) is 1. The third kappa shape index (κ3) is 4.12. The molecule has 0 radical (unpaired) electrons. The van der Waals surface area contributed by atoms with E-state index in [1.54, 1.807) is 36.4 Å². The van der Waals surface area contributed by atoms with E-state index in [1.165, 1.54) is 30.7 Å². The second-order valence-electron chi connectivity index (χ2n) is 6.55. The molecule has 5 nitrogen and oxygen atoms in total. The van der Waals surface area contributed by atoms with Crippen LogP contribution in [0.4, 0.5) is 19.0 Å². The van der Waals surface area contributed by atoms with Gasteiger partial charge in [0.05, 0.1) is 23.2 Å². The van der Waals surface area contributed by atoms with Crippen molar-refractivity contribution >= 4 is 22.6 Å². The molecule has 0 bridgehead atoms. The lowest BCUT2D eigenvalue weighted by Crippen LogP contribution is -2.15. The molecule has 0 atom stereocenters. The van der Waals surface area contributed by atoms with E-state index >= 15 is 0 Å². The lowest BCUT2D eigenvalue weighted by molar-refractivity contribution is -0.137. The summed E-state index contributed by atoms with van der Waals surface area (Å²) in [7, 11) is 0. The molecule has 30 heavy (non-hydrogen) atoms. The summed E-state index contributed by atoms with van der Waals surface area (Å²) in [4.78, 5) is 24.6. The van der Waals surface area contributed by atoms with Crippen LogP contribution in [0.3, 0.4) is 0 Å². The van der Waals surface area contributed by atoms with Crippen molar-refractivity contribution < 1.29 is 18.0 Å². The first kappa shape index (κ1) is 19.5. The van der Waals surface area contributed by atoms with Gasteiger partial charge in [0.25, 0.3) is 0 Å². The number of amides is 1. The third-order valence-electron chi connectivity index (χ3n) is 4.51. The molecule has 0 saturated carbocycles. The van der Waals surface area contributed by atoms with E-state index < -0.39 is 11.7 Å².